The lowest BCUT2D eigenvalue weighted by Gasteiger charge is -2.10. The summed E-state index contributed by atoms with van der Waals surface area (Å²) in [6.07, 6.45) is 5.59. The number of carbonyl (C=O) groups is 2. The number of allylic oxidation sites excluding steroid dienone is 2. The van der Waals surface area contributed by atoms with Gasteiger partial charge in [0.25, 0.3) is 0 Å². The minimum atomic E-state index is -0.514. The van der Waals surface area contributed by atoms with E-state index >= 15 is 0 Å². The van der Waals surface area contributed by atoms with Crippen molar-refractivity contribution in [3.05, 3.63) is 23.9 Å². The highest BCUT2D eigenvalue weighted by atomic mass is 16.2. The third-order valence-electron chi connectivity index (χ3n) is 1.93. The average Bonchev–Trinajstić information content (AvgIpc) is 2.34. The summed E-state index contributed by atoms with van der Waals surface area (Å²) in [5, 5.41) is 2.52. The van der Waals surface area contributed by atoms with Gasteiger partial charge in [-0.3, -0.25) is 9.59 Å². The fourth-order valence-corrected chi connectivity index (χ4v) is 1.38. The van der Waals surface area contributed by atoms with Crippen LogP contribution in [0.25, 0.3) is 0 Å². The van der Waals surface area contributed by atoms with E-state index in [1.54, 1.807) is 12.3 Å². The molecule has 1 N–H and O–H groups in total. The molecular formula is C8H7NO2. The minimum absolute atomic E-state index is 0.00579. The number of nitrogens with one attached hydrogen (secondary N) is 1. The largest absolute Gasteiger partial charge is 0.331 e. The standard InChI is InChI=1S/C8H7NO2/c10-6-3-1-2-5-4-9-8(11)7(5)6/h1-2,4,7H,3H2,(H,9,11). The summed E-state index contributed by atoms with van der Waals surface area (Å²) < 4.78 is 0. The van der Waals surface area contributed by atoms with Crippen molar-refractivity contribution in [3.8, 4) is 0 Å². The Morgan fingerprint density at radius 2 is 2.27 bits per heavy atom. The molecule has 2 rings (SSSR count). The van der Waals surface area contributed by atoms with Gasteiger partial charge in [0, 0.05) is 12.6 Å². The highest BCUT2D eigenvalue weighted by molar-refractivity contribution is 6.08. The Morgan fingerprint density at radius 3 is 3.00 bits per heavy atom. The second-order valence-electron chi connectivity index (χ2n) is 2.66. The molecule has 11 heavy (non-hydrogen) atoms. The molecule has 0 saturated carbocycles. The Balaban J connectivity index is 2.41. The van der Waals surface area contributed by atoms with Crippen LogP contribution >= 0.6 is 0 Å². The molecule has 1 heterocycles. The van der Waals surface area contributed by atoms with E-state index in [-0.39, 0.29) is 11.7 Å². The summed E-state index contributed by atoms with van der Waals surface area (Å²) in [7, 11) is 0. The average molecular weight is 149 g/mol. The summed E-state index contributed by atoms with van der Waals surface area (Å²) in [6.45, 7) is 0. The van der Waals surface area contributed by atoms with Crippen LogP contribution in [0.5, 0.6) is 0 Å². The molecule has 0 bridgehead atoms. The van der Waals surface area contributed by atoms with E-state index in [2.05, 4.69) is 5.32 Å². The first-order valence-electron chi connectivity index (χ1n) is 3.49. The minimum Gasteiger partial charge on any atom is -0.331 e. The van der Waals surface area contributed by atoms with Gasteiger partial charge in [-0.05, 0) is 5.57 Å². The Kier molecular flexibility index (Phi) is 1.18. The van der Waals surface area contributed by atoms with Crippen LogP contribution in [0.4, 0.5) is 0 Å². The smallest absolute Gasteiger partial charge is 0.239 e. The Labute approximate surface area is 63.8 Å². The van der Waals surface area contributed by atoms with Crippen LogP contribution < -0.4 is 5.32 Å². The second kappa shape index (κ2) is 2.05. The molecule has 1 unspecified atom stereocenters. The fraction of sp³-hybridized carbons (Fsp3) is 0.250. The first-order chi connectivity index (χ1) is 5.29. The Hall–Kier alpha value is -1.38. The molecule has 56 valence electrons. The number of Topliss-reactive ketones (excluding diaryl/α,β-unsaturated/α-hetero) is 1. The second-order valence-corrected chi connectivity index (χ2v) is 2.66. The number of amides is 1. The summed E-state index contributed by atoms with van der Waals surface area (Å²) in [5.41, 5.74) is 0.797. The van der Waals surface area contributed by atoms with Crippen molar-refractivity contribution in [2.24, 2.45) is 5.92 Å². The zero-order valence-electron chi connectivity index (χ0n) is 5.83. The highest BCUT2D eigenvalue weighted by Gasteiger charge is 2.33. The number of ketones is 1. The quantitative estimate of drug-likeness (QED) is 0.498. The molecule has 0 spiro atoms. The number of fused-ring (bicyclic) bond motifs is 1. The van der Waals surface area contributed by atoms with Gasteiger partial charge in [-0.25, -0.2) is 0 Å². The van der Waals surface area contributed by atoms with E-state index in [0.29, 0.717) is 6.42 Å². The first kappa shape index (κ1) is 6.34. The van der Waals surface area contributed by atoms with Crippen LogP contribution in [-0.2, 0) is 9.59 Å². The van der Waals surface area contributed by atoms with Crippen LogP contribution in [-0.4, -0.2) is 11.7 Å². The Morgan fingerprint density at radius 1 is 1.45 bits per heavy atom. The van der Waals surface area contributed by atoms with Crippen LogP contribution in [0, 0.1) is 5.92 Å². The topological polar surface area (TPSA) is 46.2 Å². The zero-order valence-corrected chi connectivity index (χ0v) is 5.83. The van der Waals surface area contributed by atoms with Crippen molar-refractivity contribution < 1.29 is 9.59 Å². The number of carbonyl (C=O) groups excluding carboxylic acids is 2. The third-order valence-corrected chi connectivity index (χ3v) is 1.93. The van der Waals surface area contributed by atoms with Crippen molar-refractivity contribution in [1.82, 2.24) is 5.32 Å². The van der Waals surface area contributed by atoms with Crippen molar-refractivity contribution in [1.29, 1.82) is 0 Å². The summed E-state index contributed by atoms with van der Waals surface area (Å²) >= 11 is 0. The molecule has 0 fully saturated rings. The van der Waals surface area contributed by atoms with Crippen molar-refractivity contribution in [2.45, 2.75) is 6.42 Å². The SMILES string of the molecule is O=C1CC=CC2=CNC(=O)C12. The predicted octanol–water partition coefficient (Wildman–Crippen LogP) is 0.145. The van der Waals surface area contributed by atoms with Crippen LogP contribution in [0.1, 0.15) is 6.42 Å². The van der Waals surface area contributed by atoms with E-state index in [4.69, 9.17) is 0 Å². The molecule has 1 amide bonds. The number of hydrogen-bond donors (Lipinski definition) is 1. The Bertz CT molecular complexity index is 288. The van der Waals surface area contributed by atoms with Crippen LogP contribution in [0.3, 0.4) is 0 Å². The monoisotopic (exact) mass is 149 g/mol. The van der Waals surface area contributed by atoms with E-state index in [9.17, 15) is 9.59 Å². The number of hydrogen-bond acceptors (Lipinski definition) is 2. The summed E-state index contributed by atoms with van der Waals surface area (Å²) in [5.74, 6) is -0.705. The van der Waals surface area contributed by atoms with Gasteiger partial charge >= 0.3 is 0 Å². The maximum atomic E-state index is 11.1. The van der Waals surface area contributed by atoms with Crippen LogP contribution in [0.2, 0.25) is 0 Å². The maximum absolute atomic E-state index is 11.1. The molecule has 0 radical (unpaired) electrons. The molecule has 2 aliphatic rings. The maximum Gasteiger partial charge on any atom is 0.239 e. The van der Waals surface area contributed by atoms with Crippen LogP contribution in [0.15, 0.2) is 23.9 Å². The number of rotatable bonds is 0. The lowest BCUT2D eigenvalue weighted by Crippen LogP contribution is -2.28. The normalized spacial score (nSPS) is 28.0. The van der Waals surface area contributed by atoms with Gasteiger partial charge in [-0.15, -0.1) is 0 Å². The fourth-order valence-electron chi connectivity index (χ4n) is 1.38. The van der Waals surface area contributed by atoms with Gasteiger partial charge in [0.2, 0.25) is 5.91 Å². The molecule has 0 aromatic carbocycles. The van der Waals surface area contributed by atoms with Gasteiger partial charge in [0.1, 0.15) is 5.92 Å². The van der Waals surface area contributed by atoms with Gasteiger partial charge in [0.05, 0.1) is 0 Å². The highest BCUT2D eigenvalue weighted by Crippen LogP contribution is 2.24. The molecular weight excluding hydrogens is 142 g/mol. The van der Waals surface area contributed by atoms with Gasteiger partial charge in [-0.1, -0.05) is 12.2 Å². The molecule has 1 atom stereocenters. The molecule has 1 aliphatic carbocycles. The molecule has 0 aromatic heterocycles. The van der Waals surface area contributed by atoms with Crippen molar-refractivity contribution in [2.75, 3.05) is 0 Å². The van der Waals surface area contributed by atoms with Gasteiger partial charge in [-0.2, -0.15) is 0 Å². The molecule has 3 nitrogen and oxygen atoms in total. The van der Waals surface area contributed by atoms with Gasteiger partial charge in [0.15, 0.2) is 5.78 Å². The molecule has 1 aliphatic heterocycles. The zero-order chi connectivity index (χ0) is 7.84. The van der Waals surface area contributed by atoms with E-state index in [0.717, 1.165) is 5.57 Å². The first-order valence-corrected chi connectivity index (χ1v) is 3.49. The molecule has 0 aromatic rings. The lowest BCUT2D eigenvalue weighted by atomic mass is 9.90. The molecule has 0 saturated heterocycles. The van der Waals surface area contributed by atoms with E-state index in [1.807, 2.05) is 6.08 Å². The predicted molar refractivity (Wildman–Crippen MR) is 38.5 cm³/mol. The summed E-state index contributed by atoms with van der Waals surface area (Å²) in [4.78, 5) is 22.1. The van der Waals surface area contributed by atoms with Crippen molar-refractivity contribution in [3.63, 3.8) is 0 Å². The van der Waals surface area contributed by atoms with Crippen molar-refractivity contribution >= 4 is 11.7 Å². The van der Waals surface area contributed by atoms with E-state index < -0.39 is 5.92 Å². The molecule has 3 heteroatoms. The van der Waals surface area contributed by atoms with E-state index in [1.165, 1.54) is 0 Å². The van der Waals surface area contributed by atoms with Gasteiger partial charge < -0.3 is 5.32 Å². The third kappa shape index (κ3) is 0.808. The lowest BCUT2D eigenvalue weighted by molar-refractivity contribution is -0.130. The summed E-state index contributed by atoms with van der Waals surface area (Å²) in [6, 6.07) is 0.